The molecule has 1 aliphatic heterocycles. The number of anilines is 1. The maximum Gasteiger partial charge on any atom is 0.335 e. The molecular formula is C15H7BrClNO4. The number of hydrogen-bond acceptors (Lipinski definition) is 3. The molecular weight excluding hydrogens is 374 g/mol. The zero-order valence-electron chi connectivity index (χ0n) is 10.8. The molecule has 0 spiro atoms. The fraction of sp³-hybridized carbons (Fsp3) is 0. The standard InChI is InChI=1S/C15H7BrClNO4/c16-10-5-7(15(21)22)6-11(17)12(10)18-13(19)8-3-1-2-4-9(8)14(18)20/h1-6H,(H,21,22). The molecule has 0 fully saturated rings. The number of rotatable bonds is 2. The normalized spacial score (nSPS) is 13.5. The smallest absolute Gasteiger partial charge is 0.335 e. The van der Waals surface area contributed by atoms with Crippen LogP contribution >= 0.6 is 27.5 Å². The summed E-state index contributed by atoms with van der Waals surface area (Å²) in [6.07, 6.45) is 0. The fourth-order valence-corrected chi connectivity index (χ4v) is 3.35. The van der Waals surface area contributed by atoms with Crippen LogP contribution in [-0.2, 0) is 0 Å². The van der Waals surface area contributed by atoms with Crippen molar-refractivity contribution in [3.63, 3.8) is 0 Å². The van der Waals surface area contributed by atoms with Crippen LogP contribution in [0.4, 0.5) is 5.69 Å². The first-order chi connectivity index (χ1) is 10.4. The average Bonchev–Trinajstić information content (AvgIpc) is 2.72. The van der Waals surface area contributed by atoms with Crippen molar-refractivity contribution in [3.8, 4) is 0 Å². The van der Waals surface area contributed by atoms with Gasteiger partial charge in [-0.25, -0.2) is 9.69 Å². The van der Waals surface area contributed by atoms with E-state index in [0.29, 0.717) is 0 Å². The van der Waals surface area contributed by atoms with Crippen molar-refractivity contribution < 1.29 is 19.5 Å². The van der Waals surface area contributed by atoms with Gasteiger partial charge >= 0.3 is 5.97 Å². The Kier molecular flexibility index (Phi) is 3.50. The molecule has 2 aromatic rings. The molecule has 0 aliphatic carbocycles. The van der Waals surface area contributed by atoms with Gasteiger partial charge in [-0.2, -0.15) is 0 Å². The van der Waals surface area contributed by atoms with Crippen molar-refractivity contribution >= 4 is 51.0 Å². The molecule has 110 valence electrons. The highest BCUT2D eigenvalue weighted by atomic mass is 79.9. The molecule has 0 aromatic heterocycles. The summed E-state index contributed by atoms with van der Waals surface area (Å²) in [6.45, 7) is 0. The van der Waals surface area contributed by atoms with E-state index in [-0.39, 0.29) is 31.9 Å². The SMILES string of the molecule is O=C(O)c1cc(Cl)c(N2C(=O)c3ccccc3C2=O)c(Br)c1. The lowest BCUT2D eigenvalue weighted by molar-refractivity contribution is 0.0696. The van der Waals surface area contributed by atoms with Gasteiger partial charge in [0.2, 0.25) is 0 Å². The summed E-state index contributed by atoms with van der Waals surface area (Å²) in [7, 11) is 0. The molecule has 0 bridgehead atoms. The van der Waals surface area contributed by atoms with E-state index >= 15 is 0 Å². The highest BCUT2D eigenvalue weighted by Gasteiger charge is 2.38. The van der Waals surface area contributed by atoms with Gasteiger partial charge in [0.25, 0.3) is 11.8 Å². The Morgan fingerprint density at radius 1 is 1.09 bits per heavy atom. The molecule has 0 atom stereocenters. The van der Waals surface area contributed by atoms with Crippen LogP contribution in [0.3, 0.4) is 0 Å². The first-order valence-electron chi connectivity index (χ1n) is 6.12. The van der Waals surface area contributed by atoms with Crippen LogP contribution in [0.25, 0.3) is 0 Å². The number of carbonyl (C=O) groups is 3. The third kappa shape index (κ3) is 2.12. The lowest BCUT2D eigenvalue weighted by Crippen LogP contribution is -2.30. The second-order valence-corrected chi connectivity index (χ2v) is 5.85. The Labute approximate surface area is 138 Å². The monoisotopic (exact) mass is 379 g/mol. The minimum absolute atomic E-state index is 0.00119. The molecule has 1 N–H and O–H groups in total. The van der Waals surface area contributed by atoms with E-state index in [2.05, 4.69) is 15.9 Å². The van der Waals surface area contributed by atoms with Gasteiger partial charge < -0.3 is 5.11 Å². The molecule has 0 radical (unpaired) electrons. The largest absolute Gasteiger partial charge is 0.478 e. The van der Waals surface area contributed by atoms with Gasteiger partial charge in [0, 0.05) is 4.47 Å². The van der Waals surface area contributed by atoms with Crippen molar-refractivity contribution in [2.24, 2.45) is 0 Å². The predicted molar refractivity (Wildman–Crippen MR) is 83.7 cm³/mol. The summed E-state index contributed by atoms with van der Waals surface area (Å²) in [4.78, 5) is 36.8. The van der Waals surface area contributed by atoms with Crippen LogP contribution < -0.4 is 4.90 Å². The number of imide groups is 1. The molecule has 0 saturated carbocycles. The maximum absolute atomic E-state index is 12.4. The molecule has 22 heavy (non-hydrogen) atoms. The number of halogens is 2. The summed E-state index contributed by atoms with van der Waals surface area (Å²) in [5.41, 5.74) is 0.672. The summed E-state index contributed by atoms with van der Waals surface area (Å²) in [6, 6.07) is 8.95. The molecule has 2 amide bonds. The highest BCUT2D eigenvalue weighted by molar-refractivity contribution is 9.10. The number of aromatic carboxylic acids is 1. The third-order valence-electron chi connectivity index (χ3n) is 3.28. The zero-order valence-corrected chi connectivity index (χ0v) is 13.2. The summed E-state index contributed by atoms with van der Waals surface area (Å²) in [5.74, 6) is -2.14. The molecule has 0 saturated heterocycles. The van der Waals surface area contributed by atoms with Crippen LogP contribution in [0.5, 0.6) is 0 Å². The van der Waals surface area contributed by atoms with Crippen molar-refractivity contribution in [1.82, 2.24) is 0 Å². The van der Waals surface area contributed by atoms with Crippen molar-refractivity contribution in [2.75, 3.05) is 4.90 Å². The maximum atomic E-state index is 12.4. The Balaban J connectivity index is 2.16. The zero-order chi connectivity index (χ0) is 16.0. The molecule has 3 rings (SSSR count). The van der Waals surface area contributed by atoms with Crippen molar-refractivity contribution in [2.45, 2.75) is 0 Å². The third-order valence-corrected chi connectivity index (χ3v) is 4.17. The van der Waals surface area contributed by atoms with E-state index in [9.17, 15) is 14.4 Å². The van der Waals surface area contributed by atoms with Crippen LogP contribution in [-0.4, -0.2) is 22.9 Å². The molecule has 7 heteroatoms. The van der Waals surface area contributed by atoms with Gasteiger partial charge in [-0.3, -0.25) is 9.59 Å². The number of nitrogens with zero attached hydrogens (tertiary/aromatic N) is 1. The lowest BCUT2D eigenvalue weighted by atomic mass is 10.1. The Morgan fingerprint density at radius 3 is 2.09 bits per heavy atom. The minimum atomic E-state index is -1.16. The Bertz CT molecular complexity index is 791. The van der Waals surface area contributed by atoms with E-state index in [1.165, 1.54) is 12.1 Å². The van der Waals surface area contributed by atoms with Gasteiger partial charge in [-0.05, 0) is 40.2 Å². The summed E-state index contributed by atoms with van der Waals surface area (Å²) < 4.78 is 0.256. The van der Waals surface area contributed by atoms with Crippen LogP contribution in [0, 0.1) is 0 Å². The van der Waals surface area contributed by atoms with Gasteiger partial charge in [0.05, 0.1) is 27.4 Å². The number of benzene rings is 2. The first-order valence-corrected chi connectivity index (χ1v) is 7.29. The second-order valence-electron chi connectivity index (χ2n) is 4.58. The number of hydrogen-bond donors (Lipinski definition) is 1. The van der Waals surface area contributed by atoms with Gasteiger partial charge in [-0.1, -0.05) is 23.7 Å². The molecule has 1 heterocycles. The second kappa shape index (κ2) is 5.23. The number of carboxylic acids is 1. The minimum Gasteiger partial charge on any atom is -0.478 e. The number of carboxylic acid groups (broad SMARTS) is 1. The molecule has 0 unspecified atom stereocenters. The molecule has 2 aromatic carbocycles. The number of carbonyl (C=O) groups excluding carboxylic acids is 2. The van der Waals surface area contributed by atoms with Gasteiger partial charge in [0.15, 0.2) is 0 Å². The van der Waals surface area contributed by atoms with E-state index in [1.54, 1.807) is 24.3 Å². The molecule has 1 aliphatic rings. The number of fused-ring (bicyclic) bond motifs is 1. The highest BCUT2D eigenvalue weighted by Crippen LogP contribution is 2.39. The van der Waals surface area contributed by atoms with E-state index < -0.39 is 17.8 Å². The Morgan fingerprint density at radius 2 is 1.64 bits per heavy atom. The summed E-state index contributed by atoms with van der Waals surface area (Å²) in [5, 5.41) is 9.01. The fourth-order valence-electron chi connectivity index (χ4n) is 2.29. The van der Waals surface area contributed by atoms with E-state index in [0.717, 1.165) is 4.90 Å². The van der Waals surface area contributed by atoms with E-state index in [1.807, 2.05) is 0 Å². The van der Waals surface area contributed by atoms with Crippen LogP contribution in [0.1, 0.15) is 31.1 Å². The van der Waals surface area contributed by atoms with Gasteiger partial charge in [-0.15, -0.1) is 0 Å². The number of amides is 2. The lowest BCUT2D eigenvalue weighted by Gasteiger charge is -2.18. The summed E-state index contributed by atoms with van der Waals surface area (Å²) >= 11 is 9.28. The van der Waals surface area contributed by atoms with Crippen molar-refractivity contribution in [3.05, 3.63) is 62.6 Å². The molecule has 5 nitrogen and oxygen atoms in total. The van der Waals surface area contributed by atoms with Gasteiger partial charge in [0.1, 0.15) is 0 Å². The topological polar surface area (TPSA) is 74.7 Å². The van der Waals surface area contributed by atoms with Crippen LogP contribution in [0.2, 0.25) is 5.02 Å². The van der Waals surface area contributed by atoms with Crippen molar-refractivity contribution in [1.29, 1.82) is 0 Å². The average molecular weight is 381 g/mol. The Hall–Kier alpha value is -2.18. The van der Waals surface area contributed by atoms with Crippen LogP contribution in [0.15, 0.2) is 40.9 Å². The van der Waals surface area contributed by atoms with E-state index in [4.69, 9.17) is 16.7 Å². The first kappa shape index (κ1) is 14.7. The predicted octanol–water partition coefficient (Wildman–Crippen LogP) is 3.60. The quantitative estimate of drug-likeness (QED) is 0.808.